The summed E-state index contributed by atoms with van der Waals surface area (Å²) in [4.78, 5) is 30.7. The molecule has 142 valence electrons. The Balaban J connectivity index is 1.32. The Bertz CT molecular complexity index is 792. The van der Waals surface area contributed by atoms with Gasteiger partial charge in [0.1, 0.15) is 11.9 Å². The van der Waals surface area contributed by atoms with E-state index in [2.05, 4.69) is 11.0 Å². The van der Waals surface area contributed by atoms with Crippen molar-refractivity contribution in [1.29, 1.82) is 5.26 Å². The van der Waals surface area contributed by atoms with Gasteiger partial charge in [-0.15, -0.1) is 0 Å². The van der Waals surface area contributed by atoms with E-state index in [0.29, 0.717) is 26.1 Å². The summed E-state index contributed by atoms with van der Waals surface area (Å²) in [7, 11) is 0. The summed E-state index contributed by atoms with van der Waals surface area (Å²) < 4.78 is 13.4. The van der Waals surface area contributed by atoms with Crippen LogP contribution in [-0.2, 0) is 16.1 Å². The van der Waals surface area contributed by atoms with Crippen LogP contribution in [0.25, 0.3) is 0 Å². The Kier molecular flexibility index (Phi) is 4.83. The number of nitrogens with zero attached hydrogens (tertiary/aromatic N) is 4. The van der Waals surface area contributed by atoms with Gasteiger partial charge in [-0.25, -0.2) is 4.39 Å². The highest BCUT2D eigenvalue weighted by Crippen LogP contribution is 2.33. The highest BCUT2D eigenvalue weighted by Gasteiger charge is 2.49. The molecule has 0 N–H and O–H groups in total. The predicted octanol–water partition coefficient (Wildman–Crippen LogP) is 1.52. The SMILES string of the molecule is N#CC1CCCN1C(=O)CCN1C[C@@H]2C[C@H]1C(=O)N2Cc1cccc(F)c1. The number of nitriles is 1. The Morgan fingerprint density at radius 2 is 2.22 bits per heavy atom. The lowest BCUT2D eigenvalue weighted by Crippen LogP contribution is -2.50. The molecule has 0 aliphatic carbocycles. The molecule has 3 fully saturated rings. The maximum atomic E-state index is 13.4. The maximum Gasteiger partial charge on any atom is 0.240 e. The quantitative estimate of drug-likeness (QED) is 0.788. The average Bonchev–Trinajstić information content (AvgIpc) is 3.36. The molecule has 1 aromatic carbocycles. The van der Waals surface area contributed by atoms with Crippen LogP contribution in [0.1, 0.15) is 31.2 Å². The highest BCUT2D eigenvalue weighted by atomic mass is 19.1. The molecule has 3 atom stereocenters. The minimum Gasteiger partial charge on any atom is -0.333 e. The van der Waals surface area contributed by atoms with E-state index in [9.17, 15) is 14.0 Å². The Morgan fingerprint density at radius 3 is 2.96 bits per heavy atom. The van der Waals surface area contributed by atoms with E-state index in [1.54, 1.807) is 11.0 Å². The molecule has 0 aromatic heterocycles. The zero-order valence-electron chi connectivity index (χ0n) is 15.2. The third-order valence-electron chi connectivity index (χ3n) is 5.97. The summed E-state index contributed by atoms with van der Waals surface area (Å²) >= 11 is 0. The Labute approximate surface area is 158 Å². The van der Waals surface area contributed by atoms with E-state index in [-0.39, 0.29) is 35.8 Å². The standard InChI is InChI=1S/C20H23FN4O2/c21-15-4-1-3-14(9-15)12-25-17-10-18(20(25)27)23(13-17)8-6-19(26)24-7-2-5-16(24)11-22/h1,3-4,9,16-18H,2,5-8,10,12-13H2/t16?,17-,18-/m0/s1. The molecule has 2 amide bonds. The van der Waals surface area contributed by atoms with Crippen molar-refractivity contribution in [3.05, 3.63) is 35.6 Å². The summed E-state index contributed by atoms with van der Waals surface area (Å²) in [5.74, 6) is -0.216. The van der Waals surface area contributed by atoms with Gasteiger partial charge >= 0.3 is 0 Å². The lowest BCUT2D eigenvalue weighted by Gasteiger charge is -2.34. The largest absolute Gasteiger partial charge is 0.333 e. The molecule has 1 unspecified atom stereocenters. The molecular formula is C20H23FN4O2. The van der Waals surface area contributed by atoms with Crippen LogP contribution in [-0.4, -0.2) is 64.3 Å². The van der Waals surface area contributed by atoms with E-state index in [4.69, 9.17) is 5.26 Å². The number of hydrogen-bond donors (Lipinski definition) is 0. The summed E-state index contributed by atoms with van der Waals surface area (Å²) in [5, 5.41) is 9.13. The van der Waals surface area contributed by atoms with Gasteiger partial charge < -0.3 is 9.80 Å². The molecule has 3 heterocycles. The highest BCUT2D eigenvalue weighted by molar-refractivity contribution is 5.86. The molecule has 0 saturated carbocycles. The van der Waals surface area contributed by atoms with Crippen LogP contribution < -0.4 is 0 Å². The number of piperazine rings is 1. The number of carbonyl (C=O) groups is 2. The second-order valence-corrected chi connectivity index (χ2v) is 7.62. The van der Waals surface area contributed by atoms with Crippen molar-refractivity contribution in [3.8, 4) is 6.07 Å². The second-order valence-electron chi connectivity index (χ2n) is 7.62. The van der Waals surface area contributed by atoms with Crippen LogP contribution in [0.5, 0.6) is 0 Å². The number of amides is 2. The molecule has 4 rings (SSSR count). The van der Waals surface area contributed by atoms with Gasteiger partial charge in [0.05, 0.1) is 12.1 Å². The van der Waals surface area contributed by atoms with E-state index in [0.717, 1.165) is 31.4 Å². The van der Waals surface area contributed by atoms with Crippen molar-refractivity contribution in [2.75, 3.05) is 19.6 Å². The number of hydrogen-bond acceptors (Lipinski definition) is 4. The second kappa shape index (κ2) is 7.28. The first-order valence-electron chi connectivity index (χ1n) is 9.55. The minimum atomic E-state index is -0.295. The predicted molar refractivity (Wildman–Crippen MR) is 95.7 cm³/mol. The van der Waals surface area contributed by atoms with Gasteiger partial charge in [-0.3, -0.25) is 14.5 Å². The van der Waals surface area contributed by atoms with Crippen molar-refractivity contribution in [3.63, 3.8) is 0 Å². The molecule has 1 aromatic rings. The van der Waals surface area contributed by atoms with E-state index in [1.807, 2.05) is 11.0 Å². The Morgan fingerprint density at radius 1 is 1.37 bits per heavy atom. The zero-order valence-corrected chi connectivity index (χ0v) is 15.2. The fourth-order valence-corrected chi connectivity index (χ4v) is 4.60. The van der Waals surface area contributed by atoms with Gasteiger partial charge in [-0.05, 0) is 37.0 Å². The first-order chi connectivity index (χ1) is 13.1. The lowest BCUT2D eigenvalue weighted by molar-refractivity contribution is -0.138. The zero-order chi connectivity index (χ0) is 19.0. The van der Waals surface area contributed by atoms with Crippen LogP contribution in [0.2, 0.25) is 0 Å². The van der Waals surface area contributed by atoms with E-state index < -0.39 is 0 Å². The number of carbonyl (C=O) groups excluding carboxylic acids is 2. The van der Waals surface area contributed by atoms with Crippen LogP contribution in [0.3, 0.4) is 0 Å². The average molecular weight is 370 g/mol. The number of fused-ring (bicyclic) bond motifs is 2. The molecule has 3 aliphatic heterocycles. The fourth-order valence-electron chi connectivity index (χ4n) is 4.60. The van der Waals surface area contributed by atoms with Crippen LogP contribution in [0.15, 0.2) is 24.3 Å². The lowest BCUT2D eigenvalue weighted by atomic mass is 10.2. The molecule has 27 heavy (non-hydrogen) atoms. The maximum absolute atomic E-state index is 13.4. The molecule has 3 saturated heterocycles. The molecule has 2 bridgehead atoms. The summed E-state index contributed by atoms with van der Waals surface area (Å²) in [5.41, 5.74) is 0.800. The summed E-state index contributed by atoms with van der Waals surface area (Å²) in [6, 6.07) is 8.21. The van der Waals surface area contributed by atoms with E-state index in [1.165, 1.54) is 12.1 Å². The number of benzene rings is 1. The van der Waals surface area contributed by atoms with Crippen molar-refractivity contribution in [1.82, 2.24) is 14.7 Å². The van der Waals surface area contributed by atoms with Gasteiger partial charge in [0.15, 0.2) is 0 Å². The smallest absolute Gasteiger partial charge is 0.240 e. The van der Waals surface area contributed by atoms with Gasteiger partial charge in [0, 0.05) is 38.6 Å². The Hall–Kier alpha value is -2.46. The van der Waals surface area contributed by atoms with Crippen molar-refractivity contribution in [2.45, 2.75) is 50.4 Å². The molecular weight excluding hydrogens is 347 g/mol. The van der Waals surface area contributed by atoms with Crippen molar-refractivity contribution in [2.24, 2.45) is 0 Å². The van der Waals surface area contributed by atoms with Crippen molar-refractivity contribution < 1.29 is 14.0 Å². The van der Waals surface area contributed by atoms with Gasteiger partial charge in [0.25, 0.3) is 0 Å². The molecule has 7 heteroatoms. The van der Waals surface area contributed by atoms with Crippen LogP contribution in [0.4, 0.5) is 4.39 Å². The summed E-state index contributed by atoms with van der Waals surface area (Å²) in [6.45, 7) is 2.39. The number of halogens is 1. The van der Waals surface area contributed by atoms with Crippen molar-refractivity contribution >= 4 is 11.8 Å². The van der Waals surface area contributed by atoms with Gasteiger partial charge in [-0.2, -0.15) is 5.26 Å². The fraction of sp³-hybridized carbons (Fsp3) is 0.550. The van der Waals surface area contributed by atoms with Crippen LogP contribution in [0, 0.1) is 17.1 Å². The topological polar surface area (TPSA) is 67.6 Å². The first-order valence-corrected chi connectivity index (χ1v) is 9.55. The molecule has 0 spiro atoms. The van der Waals surface area contributed by atoms with Gasteiger partial charge in [0.2, 0.25) is 11.8 Å². The normalized spacial score (nSPS) is 27.4. The third kappa shape index (κ3) is 3.42. The summed E-state index contributed by atoms with van der Waals surface area (Å²) in [6.07, 6.45) is 2.75. The van der Waals surface area contributed by atoms with E-state index >= 15 is 0 Å². The molecule has 6 nitrogen and oxygen atoms in total. The number of rotatable bonds is 5. The molecule has 0 radical (unpaired) electrons. The van der Waals surface area contributed by atoms with Gasteiger partial charge in [-0.1, -0.05) is 12.1 Å². The van der Waals surface area contributed by atoms with Crippen LogP contribution >= 0.6 is 0 Å². The number of likely N-dealkylation sites (tertiary alicyclic amines) is 3. The molecule has 3 aliphatic rings. The monoisotopic (exact) mass is 370 g/mol. The third-order valence-corrected chi connectivity index (χ3v) is 5.97. The first kappa shape index (κ1) is 17.9. The minimum absolute atomic E-state index is 0.00545.